The van der Waals surface area contributed by atoms with E-state index in [4.69, 9.17) is 11.6 Å². The smallest absolute Gasteiger partial charge is 0.379 e. The summed E-state index contributed by atoms with van der Waals surface area (Å²) >= 11 is 8.99. The number of anilines is 1. The SMILES string of the molecule is Fc1ccc(CNc2c(Cl)cccc2C(F)(F)F)c(Br)c1. The van der Waals surface area contributed by atoms with E-state index in [9.17, 15) is 17.6 Å². The van der Waals surface area contributed by atoms with Crippen molar-refractivity contribution >= 4 is 33.2 Å². The lowest BCUT2D eigenvalue weighted by atomic mass is 10.1. The summed E-state index contributed by atoms with van der Waals surface area (Å²) < 4.78 is 52.2. The molecule has 112 valence electrons. The Bertz CT molecular complexity index is 658. The fourth-order valence-corrected chi connectivity index (χ4v) is 2.52. The van der Waals surface area contributed by atoms with Gasteiger partial charge in [0.2, 0.25) is 0 Å². The van der Waals surface area contributed by atoms with Gasteiger partial charge in [-0.3, -0.25) is 0 Å². The van der Waals surface area contributed by atoms with Gasteiger partial charge in [0.1, 0.15) is 5.82 Å². The quantitative estimate of drug-likeness (QED) is 0.654. The van der Waals surface area contributed by atoms with Gasteiger partial charge in [-0.05, 0) is 29.8 Å². The lowest BCUT2D eigenvalue weighted by Gasteiger charge is -2.16. The van der Waals surface area contributed by atoms with Crippen LogP contribution in [0.15, 0.2) is 40.9 Å². The zero-order valence-electron chi connectivity index (χ0n) is 10.4. The summed E-state index contributed by atoms with van der Waals surface area (Å²) in [6, 6.07) is 7.53. The topological polar surface area (TPSA) is 12.0 Å². The Morgan fingerprint density at radius 2 is 1.86 bits per heavy atom. The van der Waals surface area contributed by atoms with E-state index < -0.39 is 17.6 Å². The van der Waals surface area contributed by atoms with Crippen molar-refractivity contribution in [3.8, 4) is 0 Å². The molecule has 0 radical (unpaired) electrons. The molecule has 7 heteroatoms. The number of hydrogen-bond acceptors (Lipinski definition) is 1. The molecule has 0 aromatic heterocycles. The van der Waals surface area contributed by atoms with E-state index in [1.54, 1.807) is 0 Å². The average molecular weight is 383 g/mol. The maximum absolute atomic E-state index is 13.0. The Labute approximate surface area is 132 Å². The largest absolute Gasteiger partial charge is 0.418 e. The summed E-state index contributed by atoms with van der Waals surface area (Å²) in [5.74, 6) is -0.431. The number of nitrogens with one attached hydrogen (secondary N) is 1. The first-order chi connectivity index (χ1) is 9.79. The van der Waals surface area contributed by atoms with Gasteiger partial charge in [-0.1, -0.05) is 39.7 Å². The van der Waals surface area contributed by atoms with Crippen LogP contribution in [0, 0.1) is 5.82 Å². The Morgan fingerprint density at radius 3 is 2.48 bits per heavy atom. The molecule has 2 aromatic rings. The first-order valence-electron chi connectivity index (χ1n) is 5.82. The molecule has 0 aliphatic rings. The Morgan fingerprint density at radius 1 is 1.14 bits per heavy atom. The standard InChI is InChI=1S/C14H9BrClF4N/c15-11-6-9(17)5-4-8(11)7-21-13-10(14(18,19)20)2-1-3-12(13)16/h1-6,21H,7H2. The van der Waals surface area contributed by atoms with Crippen molar-refractivity contribution in [3.05, 3.63) is 62.8 Å². The summed E-state index contributed by atoms with van der Waals surface area (Å²) in [4.78, 5) is 0. The molecule has 0 heterocycles. The van der Waals surface area contributed by atoms with Gasteiger partial charge in [0.05, 0.1) is 16.3 Å². The highest BCUT2D eigenvalue weighted by molar-refractivity contribution is 9.10. The van der Waals surface area contributed by atoms with Gasteiger partial charge in [-0.15, -0.1) is 0 Å². The van der Waals surface area contributed by atoms with E-state index in [0.29, 0.717) is 10.0 Å². The van der Waals surface area contributed by atoms with Crippen LogP contribution in [0.1, 0.15) is 11.1 Å². The van der Waals surface area contributed by atoms with Crippen LogP contribution in [0.25, 0.3) is 0 Å². The molecule has 2 rings (SSSR count). The molecule has 0 saturated heterocycles. The van der Waals surface area contributed by atoms with Crippen molar-refractivity contribution in [2.24, 2.45) is 0 Å². The predicted molar refractivity (Wildman–Crippen MR) is 77.9 cm³/mol. The van der Waals surface area contributed by atoms with E-state index in [2.05, 4.69) is 21.2 Å². The van der Waals surface area contributed by atoms with Crippen LogP contribution in [-0.4, -0.2) is 0 Å². The fraction of sp³-hybridized carbons (Fsp3) is 0.143. The second-order valence-corrected chi connectivity index (χ2v) is 5.51. The van der Waals surface area contributed by atoms with Gasteiger partial charge in [0.15, 0.2) is 0 Å². The first-order valence-corrected chi connectivity index (χ1v) is 6.99. The van der Waals surface area contributed by atoms with Crippen LogP contribution in [0.4, 0.5) is 23.2 Å². The van der Waals surface area contributed by atoms with Crippen molar-refractivity contribution < 1.29 is 17.6 Å². The summed E-state index contributed by atoms with van der Waals surface area (Å²) in [6.45, 7) is 0.0771. The van der Waals surface area contributed by atoms with Gasteiger partial charge < -0.3 is 5.32 Å². The molecule has 1 N–H and O–H groups in total. The summed E-state index contributed by atoms with van der Waals surface area (Å²) in [5, 5.41) is 2.64. The minimum Gasteiger partial charge on any atom is -0.379 e. The molecule has 0 amide bonds. The number of benzene rings is 2. The van der Waals surface area contributed by atoms with Crippen molar-refractivity contribution in [3.63, 3.8) is 0 Å². The molecule has 0 unspecified atom stereocenters. The minimum absolute atomic E-state index is 0.0249. The molecule has 1 nitrogen and oxygen atoms in total. The van der Waals surface area contributed by atoms with Crippen LogP contribution in [0.2, 0.25) is 5.02 Å². The van der Waals surface area contributed by atoms with Crippen LogP contribution < -0.4 is 5.32 Å². The van der Waals surface area contributed by atoms with Gasteiger partial charge in [0, 0.05) is 11.0 Å². The zero-order valence-corrected chi connectivity index (χ0v) is 12.8. The van der Waals surface area contributed by atoms with E-state index in [1.807, 2.05) is 0 Å². The predicted octanol–water partition coefficient (Wildman–Crippen LogP) is 5.87. The highest BCUT2D eigenvalue weighted by Gasteiger charge is 2.34. The van der Waals surface area contributed by atoms with Crippen LogP contribution in [0.3, 0.4) is 0 Å². The Kier molecular flexibility index (Phi) is 4.78. The third-order valence-electron chi connectivity index (χ3n) is 2.79. The molecule has 0 bridgehead atoms. The third-order valence-corrected chi connectivity index (χ3v) is 3.84. The molecule has 2 aromatic carbocycles. The van der Waals surface area contributed by atoms with Crippen LogP contribution in [0.5, 0.6) is 0 Å². The summed E-state index contributed by atoms with van der Waals surface area (Å²) in [5.41, 5.74) is -0.416. The second-order valence-electron chi connectivity index (χ2n) is 4.25. The molecule has 21 heavy (non-hydrogen) atoms. The molecule has 0 saturated carbocycles. The lowest BCUT2D eigenvalue weighted by molar-refractivity contribution is -0.136. The van der Waals surface area contributed by atoms with Crippen LogP contribution in [-0.2, 0) is 12.7 Å². The van der Waals surface area contributed by atoms with Crippen molar-refractivity contribution in [1.82, 2.24) is 0 Å². The molecular weight excluding hydrogens is 374 g/mol. The monoisotopic (exact) mass is 381 g/mol. The summed E-state index contributed by atoms with van der Waals surface area (Å²) in [7, 11) is 0. The molecule has 0 spiro atoms. The lowest BCUT2D eigenvalue weighted by Crippen LogP contribution is -2.11. The van der Waals surface area contributed by atoms with Crippen LogP contribution >= 0.6 is 27.5 Å². The number of para-hydroxylation sites is 1. The van der Waals surface area contributed by atoms with E-state index >= 15 is 0 Å². The molecule has 0 fully saturated rings. The normalized spacial score (nSPS) is 11.5. The maximum atomic E-state index is 13.0. The molecule has 0 aliphatic heterocycles. The number of halogens is 6. The first kappa shape index (κ1) is 16.1. The van der Waals surface area contributed by atoms with E-state index in [-0.39, 0.29) is 17.3 Å². The van der Waals surface area contributed by atoms with Crippen molar-refractivity contribution in [2.45, 2.75) is 12.7 Å². The Balaban J connectivity index is 2.28. The van der Waals surface area contributed by atoms with E-state index in [0.717, 1.165) is 6.07 Å². The third kappa shape index (κ3) is 3.89. The average Bonchev–Trinajstić information content (AvgIpc) is 2.37. The second kappa shape index (κ2) is 6.23. The number of alkyl halides is 3. The minimum atomic E-state index is -4.51. The van der Waals surface area contributed by atoms with Gasteiger partial charge in [-0.25, -0.2) is 4.39 Å². The molecule has 0 aliphatic carbocycles. The van der Waals surface area contributed by atoms with Gasteiger partial charge >= 0.3 is 6.18 Å². The highest BCUT2D eigenvalue weighted by atomic mass is 79.9. The Hall–Kier alpha value is -1.27. The fourth-order valence-electron chi connectivity index (χ4n) is 1.79. The van der Waals surface area contributed by atoms with Gasteiger partial charge in [-0.2, -0.15) is 13.2 Å². The zero-order chi connectivity index (χ0) is 15.6. The van der Waals surface area contributed by atoms with Crippen molar-refractivity contribution in [2.75, 3.05) is 5.32 Å². The highest BCUT2D eigenvalue weighted by Crippen LogP contribution is 2.38. The van der Waals surface area contributed by atoms with E-state index in [1.165, 1.54) is 30.3 Å². The number of rotatable bonds is 3. The maximum Gasteiger partial charge on any atom is 0.418 e. The molecular formula is C14H9BrClF4N. The van der Waals surface area contributed by atoms with Gasteiger partial charge in [0.25, 0.3) is 0 Å². The summed E-state index contributed by atoms with van der Waals surface area (Å²) in [6.07, 6.45) is -4.51. The molecule has 0 atom stereocenters. The van der Waals surface area contributed by atoms with Crippen molar-refractivity contribution in [1.29, 1.82) is 0 Å². The number of hydrogen-bond donors (Lipinski definition) is 1.